The van der Waals surface area contributed by atoms with Crippen molar-refractivity contribution in [1.29, 1.82) is 0 Å². The minimum atomic E-state index is -0.462. The van der Waals surface area contributed by atoms with E-state index in [1.807, 2.05) is 18.2 Å². The largest absolute Gasteiger partial charge is 0.487 e. The fourth-order valence-corrected chi connectivity index (χ4v) is 3.37. The normalized spacial score (nSPS) is 25.9. The smallest absolute Gasteiger partial charge is 0.126 e. The predicted octanol–water partition coefficient (Wildman–Crippen LogP) is 3.01. The van der Waals surface area contributed by atoms with Gasteiger partial charge in [0.1, 0.15) is 11.4 Å². The molecule has 0 aromatic heterocycles. The van der Waals surface area contributed by atoms with Gasteiger partial charge in [0.05, 0.1) is 6.10 Å². The molecule has 1 aromatic rings. The van der Waals surface area contributed by atoms with Gasteiger partial charge in [0, 0.05) is 30.1 Å². The Morgan fingerprint density at radius 1 is 1.42 bits per heavy atom. The molecule has 3 nitrogen and oxygen atoms in total. The number of hydrogen-bond acceptors (Lipinski definition) is 3. The number of hydrogen-bond donors (Lipinski definition) is 1. The molecule has 2 heterocycles. The molecule has 1 N–H and O–H groups in total. The molecule has 0 bridgehead atoms. The number of aliphatic hydroxyl groups excluding tert-OH is 1. The third-order valence-corrected chi connectivity index (χ3v) is 4.67. The molecular weight excluding hydrogens is 262 g/mol. The first-order chi connectivity index (χ1) is 9.12. The summed E-state index contributed by atoms with van der Waals surface area (Å²) in [7, 11) is 0. The Kier molecular flexibility index (Phi) is 3.46. The lowest BCUT2D eigenvalue weighted by Crippen LogP contribution is -2.50. The zero-order valence-electron chi connectivity index (χ0n) is 11.2. The minimum Gasteiger partial charge on any atom is -0.487 e. The Balaban J connectivity index is 1.83. The number of benzene rings is 1. The Bertz CT molecular complexity index is 469. The Morgan fingerprint density at radius 3 is 2.84 bits per heavy atom. The Labute approximate surface area is 119 Å². The van der Waals surface area contributed by atoms with Gasteiger partial charge in [0.2, 0.25) is 0 Å². The fourth-order valence-electron chi connectivity index (χ4n) is 3.19. The number of aliphatic hydroxyl groups is 1. The number of likely N-dealkylation sites (tertiary alicyclic amines) is 1. The summed E-state index contributed by atoms with van der Waals surface area (Å²) >= 11 is 5.98. The van der Waals surface area contributed by atoms with Gasteiger partial charge in [-0.15, -0.1) is 0 Å². The van der Waals surface area contributed by atoms with E-state index in [9.17, 15) is 5.11 Å². The highest BCUT2D eigenvalue weighted by atomic mass is 35.5. The highest BCUT2D eigenvalue weighted by molar-refractivity contribution is 6.30. The summed E-state index contributed by atoms with van der Waals surface area (Å²) in [5, 5.41) is 11.0. The molecule has 1 spiro atoms. The summed E-state index contributed by atoms with van der Waals surface area (Å²) < 4.78 is 6.23. The predicted molar refractivity (Wildman–Crippen MR) is 75.7 cm³/mol. The number of ether oxygens (including phenoxy) is 1. The second-order valence-electron chi connectivity index (χ2n) is 5.62. The van der Waals surface area contributed by atoms with Crippen LogP contribution in [0, 0.1) is 0 Å². The molecule has 0 radical (unpaired) electrons. The van der Waals surface area contributed by atoms with Crippen LogP contribution in [0.4, 0.5) is 0 Å². The van der Waals surface area contributed by atoms with Crippen molar-refractivity contribution >= 4 is 11.6 Å². The van der Waals surface area contributed by atoms with Gasteiger partial charge < -0.3 is 14.7 Å². The topological polar surface area (TPSA) is 32.7 Å². The Hall–Kier alpha value is -0.770. The standard InChI is InChI=1S/C15H20ClNO2/c1-2-17-7-5-15(6-8-17)10-13(18)12-9-11(16)3-4-14(12)19-15/h3-4,9,13,18H,2,5-8,10H2,1H3/t13-/m0/s1. The van der Waals surface area contributed by atoms with Crippen LogP contribution in [0.5, 0.6) is 5.75 Å². The molecule has 2 aliphatic heterocycles. The van der Waals surface area contributed by atoms with Crippen LogP contribution in [0.15, 0.2) is 18.2 Å². The van der Waals surface area contributed by atoms with Crippen molar-refractivity contribution in [3.63, 3.8) is 0 Å². The van der Waals surface area contributed by atoms with E-state index >= 15 is 0 Å². The maximum Gasteiger partial charge on any atom is 0.126 e. The van der Waals surface area contributed by atoms with Crippen molar-refractivity contribution in [1.82, 2.24) is 4.90 Å². The van der Waals surface area contributed by atoms with Crippen LogP contribution in [-0.2, 0) is 0 Å². The number of rotatable bonds is 1. The van der Waals surface area contributed by atoms with Crippen molar-refractivity contribution in [2.75, 3.05) is 19.6 Å². The maximum absolute atomic E-state index is 10.4. The van der Waals surface area contributed by atoms with E-state index in [0.29, 0.717) is 11.4 Å². The minimum absolute atomic E-state index is 0.189. The molecule has 1 aromatic carbocycles. The highest BCUT2D eigenvalue weighted by Gasteiger charge is 2.42. The lowest BCUT2D eigenvalue weighted by molar-refractivity contribution is -0.0531. The third-order valence-electron chi connectivity index (χ3n) is 4.44. The summed E-state index contributed by atoms with van der Waals surface area (Å²) in [6.07, 6.45) is 2.19. The highest BCUT2D eigenvalue weighted by Crippen LogP contribution is 2.44. The van der Waals surface area contributed by atoms with Crippen LogP contribution in [-0.4, -0.2) is 35.2 Å². The van der Waals surface area contributed by atoms with Crippen LogP contribution < -0.4 is 4.74 Å². The van der Waals surface area contributed by atoms with Crippen molar-refractivity contribution in [2.45, 2.75) is 37.9 Å². The van der Waals surface area contributed by atoms with Crippen LogP contribution in [0.3, 0.4) is 0 Å². The molecule has 4 heteroatoms. The van der Waals surface area contributed by atoms with Crippen molar-refractivity contribution in [3.05, 3.63) is 28.8 Å². The van der Waals surface area contributed by atoms with Crippen molar-refractivity contribution < 1.29 is 9.84 Å². The first-order valence-electron chi connectivity index (χ1n) is 7.01. The van der Waals surface area contributed by atoms with Gasteiger partial charge >= 0.3 is 0 Å². The van der Waals surface area contributed by atoms with Gasteiger partial charge in [-0.2, -0.15) is 0 Å². The first kappa shape index (κ1) is 13.2. The fraction of sp³-hybridized carbons (Fsp3) is 0.600. The van der Waals surface area contributed by atoms with E-state index in [4.69, 9.17) is 16.3 Å². The number of fused-ring (bicyclic) bond motifs is 1. The first-order valence-corrected chi connectivity index (χ1v) is 7.38. The second-order valence-corrected chi connectivity index (χ2v) is 6.06. The van der Waals surface area contributed by atoms with Gasteiger partial charge in [-0.05, 0) is 37.6 Å². The average Bonchev–Trinajstić information content (AvgIpc) is 2.41. The van der Waals surface area contributed by atoms with Crippen LogP contribution >= 0.6 is 11.6 Å². The van der Waals surface area contributed by atoms with E-state index in [-0.39, 0.29) is 5.60 Å². The van der Waals surface area contributed by atoms with E-state index in [1.165, 1.54) is 0 Å². The van der Waals surface area contributed by atoms with Gasteiger partial charge in [-0.25, -0.2) is 0 Å². The van der Waals surface area contributed by atoms with Gasteiger partial charge in [-0.1, -0.05) is 18.5 Å². The zero-order chi connectivity index (χ0) is 13.5. The zero-order valence-corrected chi connectivity index (χ0v) is 12.0. The van der Waals surface area contributed by atoms with Crippen LogP contribution in [0.25, 0.3) is 0 Å². The summed E-state index contributed by atoms with van der Waals surface area (Å²) in [6.45, 7) is 5.37. The van der Waals surface area contributed by atoms with Gasteiger partial charge in [0.25, 0.3) is 0 Å². The third kappa shape index (κ3) is 2.47. The summed E-state index contributed by atoms with van der Waals surface area (Å²) in [5.41, 5.74) is 0.641. The van der Waals surface area contributed by atoms with Gasteiger partial charge in [0.15, 0.2) is 0 Å². The lowest BCUT2D eigenvalue weighted by Gasteiger charge is -2.45. The quantitative estimate of drug-likeness (QED) is 0.859. The molecule has 0 unspecified atom stereocenters. The van der Waals surface area contributed by atoms with E-state index in [1.54, 1.807) is 0 Å². The second kappa shape index (κ2) is 4.97. The molecule has 0 saturated carbocycles. The van der Waals surface area contributed by atoms with E-state index < -0.39 is 6.10 Å². The van der Waals surface area contributed by atoms with E-state index in [0.717, 1.165) is 43.8 Å². The number of piperidine rings is 1. The average molecular weight is 282 g/mol. The molecule has 104 valence electrons. The number of halogens is 1. The molecule has 0 aliphatic carbocycles. The summed E-state index contributed by atoms with van der Waals surface area (Å²) in [6, 6.07) is 5.52. The van der Waals surface area contributed by atoms with E-state index in [2.05, 4.69) is 11.8 Å². The molecule has 0 amide bonds. The molecule has 2 aliphatic rings. The maximum atomic E-state index is 10.4. The monoisotopic (exact) mass is 281 g/mol. The lowest BCUT2D eigenvalue weighted by atomic mass is 9.81. The molecule has 19 heavy (non-hydrogen) atoms. The van der Waals surface area contributed by atoms with Crippen molar-refractivity contribution in [2.24, 2.45) is 0 Å². The van der Waals surface area contributed by atoms with Crippen LogP contribution in [0.2, 0.25) is 5.02 Å². The number of nitrogens with zero attached hydrogens (tertiary/aromatic N) is 1. The molecule has 3 rings (SSSR count). The Morgan fingerprint density at radius 2 is 2.16 bits per heavy atom. The SMILES string of the molecule is CCN1CCC2(CC1)C[C@H](O)c1cc(Cl)ccc1O2. The summed E-state index contributed by atoms with van der Waals surface area (Å²) in [5.74, 6) is 0.799. The molecule has 1 fully saturated rings. The van der Waals surface area contributed by atoms with Crippen LogP contribution in [0.1, 0.15) is 37.9 Å². The summed E-state index contributed by atoms with van der Waals surface area (Å²) in [4.78, 5) is 2.43. The molecular formula is C15H20ClNO2. The van der Waals surface area contributed by atoms with Gasteiger partial charge in [-0.3, -0.25) is 0 Å². The molecule has 1 saturated heterocycles. The molecule has 1 atom stereocenters. The van der Waals surface area contributed by atoms with Crippen molar-refractivity contribution in [3.8, 4) is 5.75 Å².